The zero-order chi connectivity index (χ0) is 13.8. The highest BCUT2D eigenvalue weighted by atomic mass is 28.4. The fourth-order valence-corrected chi connectivity index (χ4v) is 2.64. The molecular weight excluding hydrogens is 240 g/mol. The number of hydrogen-bond donors (Lipinski definition) is 0. The molecule has 0 atom stereocenters. The molecule has 0 N–H and O–H groups in total. The van der Waals surface area contributed by atoms with Gasteiger partial charge in [0.25, 0.3) is 0 Å². The fourth-order valence-electron chi connectivity index (χ4n) is 1.55. The Morgan fingerprint density at radius 2 is 1.94 bits per heavy atom. The van der Waals surface area contributed by atoms with E-state index in [4.69, 9.17) is 4.43 Å². The molecule has 0 aromatic carbocycles. The summed E-state index contributed by atoms with van der Waals surface area (Å²) in [4.78, 5) is 4.33. The molecule has 1 aromatic heterocycles. The average molecular weight is 268 g/mol. The predicted octanol–water partition coefficient (Wildman–Crippen LogP) is 3.76. The molecule has 0 aliphatic rings. The maximum atomic E-state index is 6.15. The second-order valence-corrected chi connectivity index (χ2v) is 11.4. The highest BCUT2D eigenvalue weighted by molar-refractivity contribution is 6.74. The van der Waals surface area contributed by atoms with Crippen molar-refractivity contribution in [2.24, 2.45) is 7.05 Å². The molecule has 0 unspecified atom stereocenters. The minimum absolute atomic E-state index is 0.313. The van der Waals surface area contributed by atoms with Gasteiger partial charge in [0.05, 0.1) is 12.0 Å². The summed E-state index contributed by atoms with van der Waals surface area (Å²) in [6.45, 7) is 12.4. The first-order valence-electron chi connectivity index (χ1n) is 6.83. The van der Waals surface area contributed by atoms with Crippen LogP contribution in [-0.4, -0.2) is 24.5 Å². The summed E-state index contributed by atoms with van der Waals surface area (Å²) in [7, 11) is 0.461. The van der Waals surface area contributed by atoms with E-state index in [2.05, 4.69) is 45.0 Å². The Bertz CT molecular complexity index is 366. The Labute approximate surface area is 113 Å². The van der Waals surface area contributed by atoms with Gasteiger partial charge < -0.3 is 8.99 Å². The molecule has 0 radical (unpaired) electrons. The lowest BCUT2D eigenvalue weighted by Crippen LogP contribution is -2.40. The highest BCUT2D eigenvalue weighted by Crippen LogP contribution is 2.36. The van der Waals surface area contributed by atoms with Crippen molar-refractivity contribution in [3.05, 3.63) is 18.2 Å². The first kappa shape index (κ1) is 15.4. The van der Waals surface area contributed by atoms with Crippen LogP contribution in [0.4, 0.5) is 0 Å². The van der Waals surface area contributed by atoms with E-state index in [9.17, 15) is 0 Å². The van der Waals surface area contributed by atoms with Gasteiger partial charge in [0, 0.05) is 19.9 Å². The smallest absolute Gasteiger partial charge is 0.191 e. The maximum absolute atomic E-state index is 6.15. The van der Waals surface area contributed by atoms with Crippen molar-refractivity contribution < 1.29 is 4.43 Å². The molecule has 0 bridgehead atoms. The fraction of sp³-hybridized carbons (Fsp3) is 0.786. The molecule has 0 spiro atoms. The number of imidazole rings is 1. The molecule has 18 heavy (non-hydrogen) atoms. The van der Waals surface area contributed by atoms with E-state index in [0.717, 1.165) is 25.9 Å². The van der Waals surface area contributed by atoms with Crippen molar-refractivity contribution in [3.8, 4) is 0 Å². The normalized spacial score (nSPS) is 13.0. The van der Waals surface area contributed by atoms with Crippen LogP contribution in [0.2, 0.25) is 18.1 Å². The Morgan fingerprint density at radius 1 is 1.28 bits per heavy atom. The van der Waals surface area contributed by atoms with E-state index in [1.54, 1.807) is 0 Å². The minimum Gasteiger partial charge on any atom is -0.417 e. The quantitative estimate of drug-likeness (QED) is 0.580. The lowest BCUT2D eigenvalue weighted by molar-refractivity contribution is 0.279. The predicted molar refractivity (Wildman–Crippen MR) is 79.3 cm³/mol. The lowest BCUT2D eigenvalue weighted by atomic mass is 10.2. The summed E-state index contributed by atoms with van der Waals surface area (Å²) >= 11 is 0. The topological polar surface area (TPSA) is 27.1 Å². The van der Waals surface area contributed by atoms with E-state index in [-0.39, 0.29) is 0 Å². The first-order chi connectivity index (χ1) is 8.22. The molecule has 4 heteroatoms. The van der Waals surface area contributed by atoms with Crippen LogP contribution < -0.4 is 0 Å². The monoisotopic (exact) mass is 268 g/mol. The molecule has 0 amide bonds. The van der Waals surface area contributed by atoms with Gasteiger partial charge in [0.1, 0.15) is 0 Å². The van der Waals surface area contributed by atoms with Crippen LogP contribution in [0.1, 0.15) is 39.3 Å². The molecule has 0 saturated heterocycles. The van der Waals surface area contributed by atoms with Gasteiger partial charge in [-0.25, -0.2) is 4.98 Å². The lowest BCUT2D eigenvalue weighted by Gasteiger charge is -2.36. The third kappa shape index (κ3) is 4.57. The standard InChI is InChI=1S/C14H28N2OSi/c1-14(2,3)18(5,6)17-10-8-7-9-13-11-16(4)12-15-13/h11-12H,7-10H2,1-6H3. The van der Waals surface area contributed by atoms with Gasteiger partial charge in [0.2, 0.25) is 0 Å². The molecular formula is C14H28N2OSi. The van der Waals surface area contributed by atoms with Crippen molar-refractivity contribution in [2.45, 2.75) is 58.2 Å². The van der Waals surface area contributed by atoms with Gasteiger partial charge in [0.15, 0.2) is 8.32 Å². The van der Waals surface area contributed by atoms with Crippen LogP contribution in [0.25, 0.3) is 0 Å². The number of aromatic nitrogens is 2. The van der Waals surface area contributed by atoms with Crippen molar-refractivity contribution in [2.75, 3.05) is 6.61 Å². The third-order valence-electron chi connectivity index (χ3n) is 3.85. The van der Waals surface area contributed by atoms with Crippen molar-refractivity contribution in [1.82, 2.24) is 9.55 Å². The summed E-state index contributed by atoms with van der Waals surface area (Å²) in [6.07, 6.45) is 7.30. The van der Waals surface area contributed by atoms with E-state index in [0.29, 0.717) is 5.04 Å². The van der Waals surface area contributed by atoms with Crippen LogP contribution in [0.5, 0.6) is 0 Å². The van der Waals surface area contributed by atoms with Gasteiger partial charge >= 0.3 is 0 Å². The third-order valence-corrected chi connectivity index (χ3v) is 8.39. The zero-order valence-electron chi connectivity index (χ0n) is 12.8. The van der Waals surface area contributed by atoms with E-state index in [1.807, 2.05) is 17.9 Å². The minimum atomic E-state index is -1.55. The number of unbranched alkanes of at least 4 members (excludes halogenated alkanes) is 1. The molecule has 0 fully saturated rings. The largest absolute Gasteiger partial charge is 0.417 e. The molecule has 0 aliphatic carbocycles. The van der Waals surface area contributed by atoms with Gasteiger partial charge in [-0.1, -0.05) is 20.8 Å². The van der Waals surface area contributed by atoms with E-state index < -0.39 is 8.32 Å². The molecule has 3 nitrogen and oxygen atoms in total. The number of hydrogen-bond acceptors (Lipinski definition) is 2. The van der Waals surface area contributed by atoms with E-state index >= 15 is 0 Å². The maximum Gasteiger partial charge on any atom is 0.191 e. The Kier molecular flexibility index (Phi) is 5.17. The van der Waals surface area contributed by atoms with Crippen LogP contribution in [0.15, 0.2) is 12.5 Å². The number of nitrogens with zero attached hydrogens (tertiary/aromatic N) is 2. The van der Waals surface area contributed by atoms with E-state index in [1.165, 1.54) is 5.69 Å². The Hall–Kier alpha value is -0.613. The average Bonchev–Trinajstić information content (AvgIpc) is 2.62. The summed E-state index contributed by atoms with van der Waals surface area (Å²) in [6, 6.07) is 0. The second kappa shape index (κ2) is 6.02. The molecule has 1 heterocycles. The van der Waals surface area contributed by atoms with Crippen molar-refractivity contribution in [3.63, 3.8) is 0 Å². The number of aryl methyl sites for hydroxylation is 2. The van der Waals surface area contributed by atoms with Gasteiger partial charge in [-0.2, -0.15) is 0 Å². The Morgan fingerprint density at radius 3 is 2.44 bits per heavy atom. The highest BCUT2D eigenvalue weighted by Gasteiger charge is 2.36. The van der Waals surface area contributed by atoms with Gasteiger partial charge in [-0.3, -0.25) is 0 Å². The van der Waals surface area contributed by atoms with Crippen molar-refractivity contribution >= 4 is 8.32 Å². The number of rotatable bonds is 6. The second-order valence-electron chi connectivity index (χ2n) is 6.60. The summed E-state index contributed by atoms with van der Waals surface area (Å²) in [5, 5.41) is 0.313. The Balaban J connectivity index is 2.19. The SMILES string of the molecule is Cn1cnc(CCCCO[Si](C)(C)C(C)(C)C)c1. The van der Waals surface area contributed by atoms with Crippen LogP contribution in [0, 0.1) is 0 Å². The van der Waals surface area contributed by atoms with Crippen LogP contribution in [0.3, 0.4) is 0 Å². The van der Waals surface area contributed by atoms with Gasteiger partial charge in [-0.15, -0.1) is 0 Å². The molecule has 1 aromatic rings. The molecule has 0 saturated carbocycles. The molecule has 104 valence electrons. The van der Waals surface area contributed by atoms with Crippen LogP contribution >= 0.6 is 0 Å². The summed E-state index contributed by atoms with van der Waals surface area (Å²) < 4.78 is 8.15. The summed E-state index contributed by atoms with van der Waals surface area (Å²) in [5.74, 6) is 0. The van der Waals surface area contributed by atoms with Crippen LogP contribution in [-0.2, 0) is 17.9 Å². The molecule has 0 aliphatic heterocycles. The summed E-state index contributed by atoms with van der Waals surface area (Å²) in [5.41, 5.74) is 1.19. The zero-order valence-corrected chi connectivity index (χ0v) is 13.8. The first-order valence-corrected chi connectivity index (χ1v) is 9.74. The van der Waals surface area contributed by atoms with Gasteiger partial charge in [-0.05, 0) is 37.4 Å². The molecule has 1 rings (SSSR count). The van der Waals surface area contributed by atoms with Crippen molar-refractivity contribution in [1.29, 1.82) is 0 Å².